The molecule has 0 bridgehead atoms. The van der Waals surface area contributed by atoms with E-state index in [1.807, 2.05) is 24.4 Å². The third-order valence-electron chi connectivity index (χ3n) is 3.29. The minimum atomic E-state index is -0.557. The molecule has 25 heavy (non-hydrogen) atoms. The van der Waals surface area contributed by atoms with Gasteiger partial charge in [0.05, 0.1) is 22.1 Å². The normalized spacial score (nSPS) is 10.6. The van der Waals surface area contributed by atoms with Crippen LogP contribution in [-0.2, 0) is 17.9 Å². The van der Waals surface area contributed by atoms with Gasteiger partial charge in [0.1, 0.15) is 18.9 Å². The van der Waals surface area contributed by atoms with E-state index in [2.05, 4.69) is 31.4 Å². The number of nitro groups is 1. The van der Waals surface area contributed by atoms with E-state index in [0.717, 1.165) is 16.2 Å². The number of anilines is 1. The van der Waals surface area contributed by atoms with Crippen molar-refractivity contribution in [3.8, 4) is 0 Å². The molecule has 1 N–H and O–H groups in total. The molecular weight excluding hydrogens is 392 g/mol. The van der Waals surface area contributed by atoms with Crippen LogP contribution in [0.5, 0.6) is 0 Å². The molecule has 0 atom stereocenters. The maximum atomic E-state index is 12.1. The summed E-state index contributed by atoms with van der Waals surface area (Å²) in [5.74, 6) is -0.322. The molecule has 10 heteroatoms. The SMILES string of the molecule is O=C(Cn1cc([N+](=O)[O-])cn1)Nc1cccc(Cn2cc(Br)cn2)c1. The van der Waals surface area contributed by atoms with E-state index in [0.29, 0.717) is 12.2 Å². The lowest BCUT2D eigenvalue weighted by Gasteiger charge is -2.08. The Balaban J connectivity index is 1.62. The van der Waals surface area contributed by atoms with Gasteiger partial charge in [0.25, 0.3) is 0 Å². The second-order valence-corrected chi connectivity index (χ2v) is 6.17. The van der Waals surface area contributed by atoms with Crippen molar-refractivity contribution >= 4 is 33.2 Å². The third-order valence-corrected chi connectivity index (χ3v) is 3.70. The fourth-order valence-electron chi connectivity index (χ4n) is 2.24. The summed E-state index contributed by atoms with van der Waals surface area (Å²) in [6.45, 7) is 0.463. The fraction of sp³-hybridized carbons (Fsp3) is 0.133. The summed E-state index contributed by atoms with van der Waals surface area (Å²) in [5, 5.41) is 21.4. The molecule has 0 saturated heterocycles. The van der Waals surface area contributed by atoms with Crippen LogP contribution in [0.3, 0.4) is 0 Å². The van der Waals surface area contributed by atoms with E-state index < -0.39 is 4.92 Å². The Morgan fingerprint density at radius 1 is 1.24 bits per heavy atom. The third kappa shape index (κ3) is 4.51. The molecule has 9 nitrogen and oxygen atoms in total. The molecule has 1 aromatic carbocycles. The highest BCUT2D eigenvalue weighted by atomic mass is 79.9. The van der Waals surface area contributed by atoms with Crippen molar-refractivity contribution in [2.45, 2.75) is 13.1 Å². The maximum Gasteiger partial charge on any atom is 0.307 e. The molecule has 128 valence electrons. The molecule has 2 heterocycles. The van der Waals surface area contributed by atoms with Gasteiger partial charge in [-0.2, -0.15) is 10.2 Å². The summed E-state index contributed by atoms with van der Waals surface area (Å²) in [6.07, 6.45) is 5.88. The lowest BCUT2D eigenvalue weighted by atomic mass is 10.2. The predicted octanol–water partition coefficient (Wildman–Crippen LogP) is 2.44. The molecule has 3 rings (SSSR count). The average Bonchev–Trinajstić information content (AvgIpc) is 3.17. The Morgan fingerprint density at radius 2 is 2.04 bits per heavy atom. The molecule has 0 fully saturated rings. The van der Waals surface area contributed by atoms with Gasteiger partial charge in [0.2, 0.25) is 5.91 Å². The summed E-state index contributed by atoms with van der Waals surface area (Å²) >= 11 is 3.34. The highest BCUT2D eigenvalue weighted by Gasteiger charge is 2.11. The van der Waals surface area contributed by atoms with Gasteiger partial charge in [0, 0.05) is 11.9 Å². The molecular formula is C15H13BrN6O3. The Morgan fingerprint density at radius 3 is 2.72 bits per heavy atom. The van der Waals surface area contributed by atoms with Crippen molar-refractivity contribution in [3.05, 3.63) is 69.2 Å². The second-order valence-electron chi connectivity index (χ2n) is 5.26. The van der Waals surface area contributed by atoms with E-state index >= 15 is 0 Å². The van der Waals surface area contributed by atoms with Gasteiger partial charge < -0.3 is 5.32 Å². The van der Waals surface area contributed by atoms with Crippen LogP contribution in [0.25, 0.3) is 0 Å². The lowest BCUT2D eigenvalue weighted by molar-refractivity contribution is -0.385. The Hall–Kier alpha value is -3.01. The lowest BCUT2D eigenvalue weighted by Crippen LogP contribution is -2.19. The highest BCUT2D eigenvalue weighted by Crippen LogP contribution is 2.14. The first kappa shape index (κ1) is 16.8. The number of carbonyl (C=O) groups excluding carboxylic acids is 1. The Kier molecular flexibility index (Phi) is 4.89. The Labute approximate surface area is 150 Å². The first-order valence-electron chi connectivity index (χ1n) is 7.23. The number of hydrogen-bond donors (Lipinski definition) is 1. The van der Waals surface area contributed by atoms with E-state index in [9.17, 15) is 14.9 Å². The van der Waals surface area contributed by atoms with Crippen molar-refractivity contribution in [1.82, 2.24) is 19.6 Å². The molecule has 0 aliphatic heterocycles. The largest absolute Gasteiger partial charge is 0.324 e. The molecule has 1 amide bonds. The number of carbonyl (C=O) groups is 1. The average molecular weight is 405 g/mol. The molecule has 0 aliphatic rings. The maximum absolute atomic E-state index is 12.1. The minimum absolute atomic E-state index is 0.107. The molecule has 2 aromatic heterocycles. The summed E-state index contributed by atoms with van der Waals surface area (Å²) in [4.78, 5) is 22.1. The first-order chi connectivity index (χ1) is 12.0. The monoisotopic (exact) mass is 404 g/mol. The van der Waals surface area contributed by atoms with Gasteiger partial charge >= 0.3 is 5.69 Å². The standard InChI is InChI=1S/C15H13BrN6O3/c16-12-5-17-20(8-12)7-11-2-1-3-13(4-11)19-15(23)10-21-9-14(6-18-21)22(24)25/h1-6,8-9H,7,10H2,(H,19,23). The summed E-state index contributed by atoms with van der Waals surface area (Å²) in [7, 11) is 0. The van der Waals surface area contributed by atoms with Crippen LogP contribution in [0.1, 0.15) is 5.56 Å². The van der Waals surface area contributed by atoms with Gasteiger partial charge in [-0.25, -0.2) is 0 Å². The van der Waals surface area contributed by atoms with E-state index in [1.165, 1.54) is 10.9 Å². The van der Waals surface area contributed by atoms with E-state index in [4.69, 9.17) is 0 Å². The van der Waals surface area contributed by atoms with Crippen LogP contribution in [0.4, 0.5) is 11.4 Å². The smallest absolute Gasteiger partial charge is 0.307 e. The zero-order valence-electron chi connectivity index (χ0n) is 12.9. The van der Waals surface area contributed by atoms with Crippen molar-refractivity contribution in [2.24, 2.45) is 0 Å². The number of halogens is 1. The molecule has 0 spiro atoms. The molecule has 0 saturated carbocycles. The number of hydrogen-bond acceptors (Lipinski definition) is 5. The zero-order valence-corrected chi connectivity index (χ0v) is 14.5. The van der Waals surface area contributed by atoms with Crippen molar-refractivity contribution in [3.63, 3.8) is 0 Å². The number of aromatic nitrogens is 4. The number of nitrogens with zero attached hydrogens (tertiary/aromatic N) is 5. The molecule has 3 aromatic rings. The number of nitrogens with one attached hydrogen (secondary N) is 1. The topological polar surface area (TPSA) is 108 Å². The van der Waals surface area contributed by atoms with Crippen molar-refractivity contribution in [1.29, 1.82) is 0 Å². The van der Waals surface area contributed by atoms with Gasteiger partial charge in [-0.15, -0.1) is 0 Å². The van der Waals surface area contributed by atoms with Gasteiger partial charge in [-0.3, -0.25) is 24.3 Å². The molecule has 0 unspecified atom stereocenters. The molecule has 0 aliphatic carbocycles. The zero-order chi connectivity index (χ0) is 17.8. The van der Waals surface area contributed by atoms with Crippen LogP contribution < -0.4 is 5.32 Å². The first-order valence-corrected chi connectivity index (χ1v) is 8.02. The predicted molar refractivity (Wildman–Crippen MR) is 93.0 cm³/mol. The Bertz CT molecular complexity index is 919. The summed E-state index contributed by atoms with van der Waals surface area (Å²) < 4.78 is 3.89. The van der Waals surface area contributed by atoms with E-state index in [-0.39, 0.29) is 18.1 Å². The number of rotatable bonds is 6. The quantitative estimate of drug-likeness (QED) is 0.501. The van der Waals surface area contributed by atoms with Crippen LogP contribution in [0.2, 0.25) is 0 Å². The van der Waals surface area contributed by atoms with Crippen molar-refractivity contribution < 1.29 is 9.72 Å². The highest BCUT2D eigenvalue weighted by molar-refractivity contribution is 9.10. The minimum Gasteiger partial charge on any atom is -0.324 e. The summed E-state index contributed by atoms with van der Waals surface area (Å²) in [6, 6.07) is 7.38. The van der Waals surface area contributed by atoms with Crippen molar-refractivity contribution in [2.75, 3.05) is 5.32 Å². The number of benzene rings is 1. The second kappa shape index (κ2) is 7.26. The number of amides is 1. The fourth-order valence-corrected chi connectivity index (χ4v) is 2.57. The summed E-state index contributed by atoms with van der Waals surface area (Å²) in [5.41, 5.74) is 1.46. The van der Waals surface area contributed by atoms with Crippen LogP contribution in [-0.4, -0.2) is 30.4 Å². The van der Waals surface area contributed by atoms with Crippen LogP contribution in [0.15, 0.2) is 53.5 Å². The van der Waals surface area contributed by atoms with Gasteiger partial charge in [-0.05, 0) is 33.6 Å². The van der Waals surface area contributed by atoms with Gasteiger partial charge in [0.15, 0.2) is 0 Å². The van der Waals surface area contributed by atoms with Crippen LogP contribution >= 0.6 is 15.9 Å². The van der Waals surface area contributed by atoms with Gasteiger partial charge in [-0.1, -0.05) is 12.1 Å². The van der Waals surface area contributed by atoms with E-state index in [1.54, 1.807) is 16.9 Å². The molecule has 0 radical (unpaired) electrons. The van der Waals surface area contributed by atoms with Crippen LogP contribution in [0, 0.1) is 10.1 Å².